The molecule has 0 saturated heterocycles. The Bertz CT molecular complexity index is 103. The van der Waals surface area contributed by atoms with Gasteiger partial charge in [-0.15, -0.1) is 0 Å². The third-order valence-electron chi connectivity index (χ3n) is 2.27. The van der Waals surface area contributed by atoms with Crippen molar-refractivity contribution >= 4 is 0 Å². The fourth-order valence-corrected chi connectivity index (χ4v) is 1.35. The molecule has 0 aromatic carbocycles. The van der Waals surface area contributed by atoms with Gasteiger partial charge in [0.2, 0.25) is 0 Å². The van der Waals surface area contributed by atoms with E-state index in [9.17, 15) is 0 Å². The first kappa shape index (κ1) is 12.7. The summed E-state index contributed by atoms with van der Waals surface area (Å²) in [6.07, 6.45) is 17.5. The molecule has 0 nitrogen and oxygen atoms in total. The van der Waals surface area contributed by atoms with Gasteiger partial charge in [-0.3, -0.25) is 0 Å². The maximum absolute atomic E-state index is 3.37. The second kappa shape index (κ2) is 11.7. The Balaban J connectivity index is 2.95. The average molecular weight is 181 g/mol. The van der Waals surface area contributed by atoms with E-state index in [0.29, 0.717) is 0 Å². The minimum Gasteiger partial charge on any atom is -0.0811 e. The Morgan fingerprint density at radius 2 is 1.54 bits per heavy atom. The van der Waals surface area contributed by atoms with Crippen LogP contribution in [-0.4, -0.2) is 0 Å². The van der Waals surface area contributed by atoms with Crippen molar-refractivity contribution in [3.8, 4) is 0 Å². The minimum atomic E-state index is 1.17. The first-order valence-corrected chi connectivity index (χ1v) is 5.96. The van der Waals surface area contributed by atoms with E-state index in [1.54, 1.807) is 0 Å². The van der Waals surface area contributed by atoms with Crippen molar-refractivity contribution in [3.63, 3.8) is 0 Å². The summed E-state index contributed by atoms with van der Waals surface area (Å²) in [7, 11) is 0. The van der Waals surface area contributed by atoms with Gasteiger partial charge >= 0.3 is 0 Å². The Hall–Kier alpha value is -0.260. The summed E-state index contributed by atoms with van der Waals surface area (Å²) in [5.74, 6) is 0. The zero-order chi connectivity index (χ0) is 9.78. The molecule has 77 valence electrons. The van der Waals surface area contributed by atoms with E-state index >= 15 is 0 Å². The maximum Gasteiger partial charge on any atom is -0.0279 e. The van der Waals surface area contributed by atoms with Crippen molar-refractivity contribution in [3.05, 3.63) is 12.2 Å². The lowest BCUT2D eigenvalue weighted by Gasteiger charge is -1.94. The van der Waals surface area contributed by atoms with Gasteiger partial charge in [0, 0.05) is 0 Å². The fourth-order valence-electron chi connectivity index (χ4n) is 1.35. The summed E-state index contributed by atoms with van der Waals surface area (Å²) >= 11 is 0. The molecule has 0 amide bonds. The molecule has 0 fully saturated rings. The van der Waals surface area contributed by atoms with Gasteiger partial charge in [0.25, 0.3) is 0 Å². The molecular formula is C13H25. The van der Waals surface area contributed by atoms with Gasteiger partial charge in [0.05, 0.1) is 0 Å². The summed E-state index contributed by atoms with van der Waals surface area (Å²) < 4.78 is 0. The Kier molecular flexibility index (Phi) is 11.5. The molecule has 1 radical (unpaired) electrons. The molecule has 0 aliphatic heterocycles. The molecule has 0 aliphatic rings. The van der Waals surface area contributed by atoms with Crippen molar-refractivity contribution < 1.29 is 0 Å². The summed E-state index contributed by atoms with van der Waals surface area (Å²) in [6.45, 7) is 4.50. The Labute approximate surface area is 84.4 Å². The second-order valence-electron chi connectivity index (χ2n) is 3.71. The molecular weight excluding hydrogens is 156 g/mol. The number of unbranched alkanes of at least 4 members (excludes halogenated alkanes) is 7. The van der Waals surface area contributed by atoms with Crippen LogP contribution in [0.1, 0.15) is 71.6 Å². The van der Waals surface area contributed by atoms with Crippen LogP contribution in [0, 0.1) is 6.08 Å². The quantitative estimate of drug-likeness (QED) is 0.444. The molecule has 0 spiro atoms. The van der Waals surface area contributed by atoms with Crippen molar-refractivity contribution in [2.75, 3.05) is 0 Å². The van der Waals surface area contributed by atoms with Crippen molar-refractivity contribution in [2.45, 2.75) is 71.6 Å². The topological polar surface area (TPSA) is 0 Å². The van der Waals surface area contributed by atoms with E-state index < -0.39 is 0 Å². The lowest BCUT2D eigenvalue weighted by atomic mass is 10.1. The molecule has 0 rings (SSSR count). The van der Waals surface area contributed by atoms with E-state index in [4.69, 9.17) is 0 Å². The molecule has 0 N–H and O–H groups in total. The zero-order valence-corrected chi connectivity index (χ0v) is 9.44. The molecule has 0 aromatic rings. The van der Waals surface area contributed by atoms with Crippen molar-refractivity contribution in [1.82, 2.24) is 0 Å². The number of hydrogen-bond donors (Lipinski definition) is 0. The highest BCUT2D eigenvalue weighted by atomic mass is 13.9. The lowest BCUT2D eigenvalue weighted by Crippen LogP contribution is -1.75. The summed E-state index contributed by atoms with van der Waals surface area (Å²) in [6, 6.07) is 0. The standard InChI is InChI=1S/C13H25/c1-3-5-7-9-11-13-12-10-8-6-4-2/h13H,3-11H2,1-2H3. The second-order valence-corrected chi connectivity index (χ2v) is 3.71. The van der Waals surface area contributed by atoms with Gasteiger partial charge in [-0.1, -0.05) is 52.0 Å². The molecule has 0 atom stereocenters. The summed E-state index contributed by atoms with van der Waals surface area (Å²) in [5, 5.41) is 0. The molecule has 0 aliphatic carbocycles. The van der Waals surface area contributed by atoms with E-state index in [2.05, 4.69) is 26.0 Å². The highest BCUT2D eigenvalue weighted by molar-refractivity contribution is 4.73. The van der Waals surface area contributed by atoms with Gasteiger partial charge in [-0.2, -0.15) is 0 Å². The number of rotatable bonds is 9. The summed E-state index contributed by atoms with van der Waals surface area (Å²) in [5.41, 5.74) is 0. The highest BCUT2D eigenvalue weighted by Crippen LogP contribution is 2.04. The molecule has 0 bridgehead atoms. The third-order valence-corrected chi connectivity index (χ3v) is 2.27. The van der Waals surface area contributed by atoms with Crippen molar-refractivity contribution in [1.29, 1.82) is 0 Å². The molecule has 0 saturated carbocycles. The average Bonchev–Trinajstić information content (AvgIpc) is 2.16. The normalized spacial score (nSPS) is 11.2. The van der Waals surface area contributed by atoms with E-state index in [-0.39, 0.29) is 0 Å². The largest absolute Gasteiger partial charge is 0.0811 e. The van der Waals surface area contributed by atoms with Gasteiger partial charge < -0.3 is 0 Å². The minimum absolute atomic E-state index is 1.17. The van der Waals surface area contributed by atoms with E-state index in [1.165, 1.54) is 57.8 Å². The van der Waals surface area contributed by atoms with E-state index in [0.717, 1.165) is 0 Å². The van der Waals surface area contributed by atoms with Crippen LogP contribution in [0.4, 0.5) is 0 Å². The maximum atomic E-state index is 3.37. The van der Waals surface area contributed by atoms with Crippen LogP contribution < -0.4 is 0 Å². The monoisotopic (exact) mass is 181 g/mol. The molecule has 0 heterocycles. The van der Waals surface area contributed by atoms with Crippen LogP contribution in [0.2, 0.25) is 0 Å². The van der Waals surface area contributed by atoms with Crippen molar-refractivity contribution in [2.24, 2.45) is 0 Å². The molecule has 13 heavy (non-hydrogen) atoms. The van der Waals surface area contributed by atoms with Crippen LogP contribution in [-0.2, 0) is 0 Å². The van der Waals surface area contributed by atoms with Crippen LogP contribution >= 0.6 is 0 Å². The van der Waals surface area contributed by atoms with Crippen LogP contribution in [0.5, 0.6) is 0 Å². The van der Waals surface area contributed by atoms with Gasteiger partial charge in [0.15, 0.2) is 0 Å². The summed E-state index contributed by atoms with van der Waals surface area (Å²) in [4.78, 5) is 0. The van der Waals surface area contributed by atoms with E-state index in [1.807, 2.05) is 0 Å². The Morgan fingerprint density at radius 3 is 2.23 bits per heavy atom. The first-order chi connectivity index (χ1) is 6.41. The number of hydrogen-bond acceptors (Lipinski definition) is 0. The molecule has 0 unspecified atom stereocenters. The zero-order valence-electron chi connectivity index (χ0n) is 9.44. The highest BCUT2D eigenvalue weighted by Gasteiger charge is 1.85. The molecule has 0 heteroatoms. The predicted octanol–water partition coefficient (Wildman–Crippen LogP) is 4.90. The SMILES string of the molecule is CCCCC/[C]=C\CCCCCC. The smallest absolute Gasteiger partial charge is 0.0279 e. The molecule has 0 aromatic heterocycles. The predicted molar refractivity (Wildman–Crippen MR) is 60.7 cm³/mol. The van der Waals surface area contributed by atoms with Crippen LogP contribution in [0.3, 0.4) is 0 Å². The van der Waals surface area contributed by atoms with Gasteiger partial charge in [-0.05, 0) is 31.8 Å². The lowest BCUT2D eigenvalue weighted by molar-refractivity contribution is 0.671. The van der Waals surface area contributed by atoms with Crippen LogP contribution in [0.15, 0.2) is 6.08 Å². The Morgan fingerprint density at radius 1 is 0.846 bits per heavy atom. The third kappa shape index (κ3) is 11.7. The van der Waals surface area contributed by atoms with Gasteiger partial charge in [-0.25, -0.2) is 0 Å². The number of allylic oxidation sites excluding steroid dienone is 2. The fraction of sp³-hybridized carbons (Fsp3) is 0.846. The van der Waals surface area contributed by atoms with Gasteiger partial charge in [0.1, 0.15) is 0 Å². The van der Waals surface area contributed by atoms with Crippen LogP contribution in [0.25, 0.3) is 0 Å². The first-order valence-electron chi connectivity index (χ1n) is 5.96.